The van der Waals surface area contributed by atoms with E-state index in [1.165, 1.54) is 12.1 Å². The lowest BCUT2D eigenvalue weighted by molar-refractivity contribution is -0.141. The summed E-state index contributed by atoms with van der Waals surface area (Å²) >= 11 is 5.84. The average Bonchev–Trinajstić information content (AvgIpc) is 2.40. The largest absolute Gasteiger partial charge is 0.478 e. The summed E-state index contributed by atoms with van der Waals surface area (Å²) in [5.41, 5.74) is -0.884. The number of carbonyl (C=O) groups is 1. The monoisotopic (exact) mass is 317 g/mol. The summed E-state index contributed by atoms with van der Waals surface area (Å²) in [5.74, 6) is -1.07. The molecule has 0 fully saturated rings. The Morgan fingerprint density at radius 1 is 1.24 bits per heavy atom. The minimum Gasteiger partial charge on any atom is -0.478 e. The first-order valence-corrected chi connectivity index (χ1v) is 5.84. The maximum absolute atomic E-state index is 12.4. The van der Waals surface area contributed by atoms with Crippen LogP contribution in [0.1, 0.15) is 16.1 Å². The molecule has 0 aliphatic carbocycles. The smallest absolute Gasteiger partial charge is 0.433 e. The van der Waals surface area contributed by atoms with Gasteiger partial charge in [-0.2, -0.15) is 13.2 Å². The lowest BCUT2D eigenvalue weighted by Gasteiger charge is -2.09. The van der Waals surface area contributed by atoms with E-state index in [2.05, 4.69) is 15.3 Å². The van der Waals surface area contributed by atoms with E-state index < -0.39 is 17.8 Å². The summed E-state index contributed by atoms with van der Waals surface area (Å²) < 4.78 is 37.1. The summed E-state index contributed by atoms with van der Waals surface area (Å²) in [6.45, 7) is 0. The molecule has 2 aromatic rings. The predicted molar refractivity (Wildman–Crippen MR) is 68.7 cm³/mol. The van der Waals surface area contributed by atoms with Crippen LogP contribution in [-0.4, -0.2) is 21.0 Å². The van der Waals surface area contributed by atoms with Gasteiger partial charge in [-0.1, -0.05) is 11.6 Å². The van der Waals surface area contributed by atoms with Gasteiger partial charge in [0.1, 0.15) is 11.5 Å². The highest BCUT2D eigenvalue weighted by molar-refractivity contribution is 6.33. The fourth-order valence-electron chi connectivity index (χ4n) is 1.42. The Bertz CT molecular complexity index is 674. The number of aromatic nitrogens is 2. The van der Waals surface area contributed by atoms with E-state index in [9.17, 15) is 18.0 Å². The third-order valence-electron chi connectivity index (χ3n) is 2.40. The van der Waals surface area contributed by atoms with Crippen LogP contribution in [-0.2, 0) is 6.18 Å². The van der Waals surface area contributed by atoms with E-state index >= 15 is 0 Å². The summed E-state index contributed by atoms with van der Waals surface area (Å²) in [5, 5.41) is 11.4. The van der Waals surface area contributed by atoms with E-state index in [1.54, 1.807) is 0 Å². The Morgan fingerprint density at radius 2 is 1.95 bits per heavy atom. The normalized spacial score (nSPS) is 11.2. The number of halogens is 4. The molecule has 2 rings (SSSR count). The number of hydrogen-bond acceptors (Lipinski definition) is 4. The fourth-order valence-corrected chi connectivity index (χ4v) is 1.63. The topological polar surface area (TPSA) is 75.1 Å². The molecule has 0 aromatic carbocycles. The maximum Gasteiger partial charge on any atom is 0.433 e. The number of pyridine rings is 2. The molecule has 0 radical (unpaired) electrons. The summed E-state index contributed by atoms with van der Waals surface area (Å²) in [6, 6.07) is 3.15. The summed E-state index contributed by atoms with van der Waals surface area (Å²) in [6.07, 6.45) is -2.46. The molecule has 2 aromatic heterocycles. The molecule has 2 N–H and O–H groups in total. The molecule has 2 heterocycles. The number of aromatic carboxylic acids is 1. The zero-order chi connectivity index (χ0) is 15.6. The molecule has 0 saturated heterocycles. The molecule has 0 amide bonds. The zero-order valence-electron chi connectivity index (χ0n) is 10.1. The van der Waals surface area contributed by atoms with Gasteiger partial charge in [0.2, 0.25) is 0 Å². The van der Waals surface area contributed by atoms with Crippen molar-refractivity contribution in [3.8, 4) is 0 Å². The maximum atomic E-state index is 12.4. The average molecular weight is 318 g/mol. The van der Waals surface area contributed by atoms with Gasteiger partial charge in [0.25, 0.3) is 0 Å². The van der Waals surface area contributed by atoms with Gasteiger partial charge in [-0.05, 0) is 18.2 Å². The van der Waals surface area contributed by atoms with Gasteiger partial charge in [-0.25, -0.2) is 14.8 Å². The molecular weight excluding hydrogens is 311 g/mol. The van der Waals surface area contributed by atoms with Crippen LogP contribution >= 0.6 is 11.6 Å². The Morgan fingerprint density at radius 3 is 2.43 bits per heavy atom. The van der Waals surface area contributed by atoms with Crippen LogP contribution in [0.4, 0.5) is 24.7 Å². The highest BCUT2D eigenvalue weighted by atomic mass is 35.5. The van der Waals surface area contributed by atoms with Gasteiger partial charge in [0.05, 0.1) is 22.5 Å². The number of anilines is 2. The Kier molecular flexibility index (Phi) is 3.99. The van der Waals surface area contributed by atoms with E-state index in [-0.39, 0.29) is 22.1 Å². The van der Waals surface area contributed by atoms with Gasteiger partial charge >= 0.3 is 12.1 Å². The van der Waals surface area contributed by atoms with Crippen molar-refractivity contribution in [3.05, 3.63) is 46.9 Å². The van der Waals surface area contributed by atoms with Crippen LogP contribution in [0.2, 0.25) is 5.02 Å². The highest BCUT2D eigenvalue weighted by Crippen LogP contribution is 2.29. The number of rotatable bonds is 3. The number of carboxylic acid groups (broad SMARTS) is 1. The van der Waals surface area contributed by atoms with Crippen LogP contribution in [0.15, 0.2) is 30.6 Å². The molecule has 5 nitrogen and oxygen atoms in total. The first kappa shape index (κ1) is 15.0. The predicted octanol–water partition coefficient (Wildman–Crippen LogP) is 3.59. The number of carboxylic acids is 1. The molecule has 0 aliphatic rings. The van der Waals surface area contributed by atoms with Gasteiger partial charge < -0.3 is 10.4 Å². The Balaban J connectivity index is 2.20. The molecule has 0 atom stereocenters. The second kappa shape index (κ2) is 5.57. The summed E-state index contributed by atoms with van der Waals surface area (Å²) in [7, 11) is 0. The van der Waals surface area contributed by atoms with E-state index in [4.69, 9.17) is 16.7 Å². The Labute approximate surface area is 121 Å². The van der Waals surface area contributed by atoms with Crippen LogP contribution in [0.25, 0.3) is 0 Å². The fraction of sp³-hybridized carbons (Fsp3) is 0.0833. The minimum atomic E-state index is -4.52. The van der Waals surface area contributed by atoms with Crippen LogP contribution in [0.5, 0.6) is 0 Å². The molecule has 9 heteroatoms. The zero-order valence-corrected chi connectivity index (χ0v) is 10.9. The number of hydrogen-bond donors (Lipinski definition) is 2. The van der Waals surface area contributed by atoms with Crippen molar-refractivity contribution in [1.82, 2.24) is 9.97 Å². The van der Waals surface area contributed by atoms with E-state index in [0.717, 1.165) is 18.5 Å². The molecule has 0 spiro atoms. The molecular formula is C12H7ClF3N3O2. The van der Waals surface area contributed by atoms with Gasteiger partial charge in [0, 0.05) is 6.20 Å². The van der Waals surface area contributed by atoms with Crippen LogP contribution in [0, 0.1) is 0 Å². The molecule has 0 aliphatic heterocycles. The third kappa shape index (κ3) is 3.60. The molecule has 0 bridgehead atoms. The van der Waals surface area contributed by atoms with E-state index in [1.807, 2.05) is 0 Å². The quantitative estimate of drug-likeness (QED) is 0.904. The first-order valence-electron chi connectivity index (χ1n) is 5.46. The second-order valence-corrected chi connectivity index (χ2v) is 4.32. The highest BCUT2D eigenvalue weighted by Gasteiger charge is 2.32. The molecule has 110 valence electrons. The van der Waals surface area contributed by atoms with Crippen molar-refractivity contribution in [2.24, 2.45) is 0 Å². The lowest BCUT2D eigenvalue weighted by Crippen LogP contribution is -2.07. The number of alkyl halides is 3. The van der Waals surface area contributed by atoms with Gasteiger partial charge in [-0.3, -0.25) is 0 Å². The third-order valence-corrected chi connectivity index (χ3v) is 2.69. The number of nitrogens with zero attached hydrogens (tertiary/aromatic N) is 2. The van der Waals surface area contributed by atoms with Gasteiger partial charge in [-0.15, -0.1) is 0 Å². The van der Waals surface area contributed by atoms with Crippen molar-refractivity contribution in [1.29, 1.82) is 0 Å². The lowest BCUT2D eigenvalue weighted by atomic mass is 10.3. The summed E-state index contributed by atoms with van der Waals surface area (Å²) in [4.78, 5) is 17.8. The Hall–Kier alpha value is -2.35. The molecule has 21 heavy (non-hydrogen) atoms. The minimum absolute atomic E-state index is 0.0230. The van der Waals surface area contributed by atoms with Crippen molar-refractivity contribution < 1.29 is 23.1 Å². The molecule has 0 saturated carbocycles. The van der Waals surface area contributed by atoms with Crippen molar-refractivity contribution in [2.45, 2.75) is 6.18 Å². The van der Waals surface area contributed by atoms with Crippen molar-refractivity contribution >= 4 is 29.1 Å². The SMILES string of the molecule is O=C(O)c1cnc(Nc2ccc(C(F)(F)F)nc2)c(Cl)c1. The number of nitrogens with one attached hydrogen (secondary N) is 1. The standard InChI is InChI=1S/C12H7ClF3N3O2/c13-8-3-6(11(20)21)4-18-10(8)19-7-1-2-9(17-5-7)12(14,15)16/h1-5H,(H,18,19)(H,20,21). The van der Waals surface area contributed by atoms with Crippen LogP contribution in [0.3, 0.4) is 0 Å². The van der Waals surface area contributed by atoms with Gasteiger partial charge in [0.15, 0.2) is 0 Å². The second-order valence-electron chi connectivity index (χ2n) is 3.91. The van der Waals surface area contributed by atoms with E-state index in [0.29, 0.717) is 0 Å². The van der Waals surface area contributed by atoms with Crippen LogP contribution < -0.4 is 5.32 Å². The van der Waals surface area contributed by atoms with Crippen molar-refractivity contribution in [3.63, 3.8) is 0 Å². The first-order chi connectivity index (χ1) is 9.77. The molecule has 0 unspecified atom stereocenters. The van der Waals surface area contributed by atoms with Crippen molar-refractivity contribution in [2.75, 3.05) is 5.32 Å².